The Labute approximate surface area is 135 Å². The number of hydrogen-bond acceptors (Lipinski definition) is 4. The quantitative estimate of drug-likeness (QED) is 0.753. The molecule has 3 aromatic rings. The van der Waals surface area contributed by atoms with Gasteiger partial charge in [-0.15, -0.1) is 0 Å². The van der Waals surface area contributed by atoms with Gasteiger partial charge in [0, 0.05) is 12.1 Å². The highest BCUT2D eigenvalue weighted by Gasteiger charge is 2.29. The van der Waals surface area contributed by atoms with Crippen LogP contribution < -0.4 is 5.73 Å². The molecule has 0 saturated heterocycles. The van der Waals surface area contributed by atoms with Crippen molar-refractivity contribution in [1.82, 2.24) is 10.2 Å². The minimum atomic E-state index is -3.57. The average Bonchev–Trinajstić information content (AvgIpc) is 3.06. The minimum Gasteiger partial charge on any atom is -0.329 e. The Kier molecular flexibility index (Phi) is 4.27. The minimum absolute atomic E-state index is 0.0202. The zero-order valence-electron chi connectivity index (χ0n) is 12.4. The lowest BCUT2D eigenvalue weighted by Crippen LogP contribution is -2.22. The molecule has 1 unspecified atom stereocenters. The molecule has 3 rings (SSSR count). The van der Waals surface area contributed by atoms with Crippen molar-refractivity contribution in [2.75, 3.05) is 6.54 Å². The van der Waals surface area contributed by atoms with Crippen LogP contribution in [0.25, 0.3) is 11.3 Å². The van der Waals surface area contributed by atoms with Crippen molar-refractivity contribution in [3.8, 4) is 11.3 Å². The number of hydrogen-bond donors (Lipinski definition) is 2. The van der Waals surface area contributed by atoms with Gasteiger partial charge >= 0.3 is 0 Å². The SMILES string of the molecule is NCC(c1cc(-c2ccccc2)n[nH]1)S(=O)(=O)c1ccccc1. The topological polar surface area (TPSA) is 88.8 Å². The summed E-state index contributed by atoms with van der Waals surface area (Å²) in [4.78, 5) is 0.256. The molecule has 0 saturated carbocycles. The molecule has 0 aliphatic carbocycles. The van der Waals surface area contributed by atoms with Gasteiger partial charge in [0.25, 0.3) is 0 Å². The molecule has 118 valence electrons. The number of nitrogens with one attached hydrogen (secondary N) is 1. The molecule has 3 N–H and O–H groups in total. The maximum Gasteiger partial charge on any atom is 0.188 e. The summed E-state index contributed by atoms with van der Waals surface area (Å²) < 4.78 is 25.6. The molecule has 2 aromatic carbocycles. The summed E-state index contributed by atoms with van der Waals surface area (Å²) in [5.41, 5.74) is 7.86. The van der Waals surface area contributed by atoms with Gasteiger partial charge in [-0.05, 0) is 18.2 Å². The zero-order valence-corrected chi connectivity index (χ0v) is 13.2. The number of aromatic amines is 1. The molecule has 0 aliphatic rings. The molecule has 1 heterocycles. The number of sulfone groups is 1. The van der Waals surface area contributed by atoms with Crippen molar-refractivity contribution in [3.05, 3.63) is 72.4 Å². The summed E-state index contributed by atoms with van der Waals surface area (Å²) in [6.07, 6.45) is 0. The first-order valence-corrected chi connectivity index (χ1v) is 8.77. The largest absolute Gasteiger partial charge is 0.329 e. The van der Waals surface area contributed by atoms with Gasteiger partial charge < -0.3 is 5.73 Å². The maximum absolute atomic E-state index is 12.8. The highest BCUT2D eigenvalue weighted by atomic mass is 32.2. The lowest BCUT2D eigenvalue weighted by Gasteiger charge is -2.14. The third-order valence-corrected chi connectivity index (χ3v) is 5.80. The van der Waals surface area contributed by atoms with E-state index in [1.807, 2.05) is 30.3 Å². The fraction of sp³-hybridized carbons (Fsp3) is 0.118. The molecule has 5 nitrogen and oxygen atoms in total. The van der Waals surface area contributed by atoms with Crippen LogP contribution in [0.3, 0.4) is 0 Å². The van der Waals surface area contributed by atoms with Crippen LogP contribution in [0.4, 0.5) is 0 Å². The fourth-order valence-electron chi connectivity index (χ4n) is 2.45. The van der Waals surface area contributed by atoms with E-state index in [2.05, 4.69) is 10.2 Å². The number of H-pyrrole nitrogens is 1. The second kappa shape index (κ2) is 6.36. The lowest BCUT2D eigenvalue weighted by molar-refractivity contribution is 0.580. The predicted molar refractivity (Wildman–Crippen MR) is 89.4 cm³/mol. The van der Waals surface area contributed by atoms with E-state index in [1.54, 1.807) is 36.4 Å². The summed E-state index contributed by atoms with van der Waals surface area (Å²) in [6, 6.07) is 19.6. The van der Waals surface area contributed by atoms with Crippen molar-refractivity contribution >= 4 is 9.84 Å². The summed E-state index contributed by atoms with van der Waals surface area (Å²) in [6.45, 7) is -0.0202. The van der Waals surface area contributed by atoms with Crippen LogP contribution in [0.2, 0.25) is 0 Å². The van der Waals surface area contributed by atoms with Crippen molar-refractivity contribution in [2.45, 2.75) is 10.1 Å². The summed E-state index contributed by atoms with van der Waals surface area (Å²) in [7, 11) is -3.57. The van der Waals surface area contributed by atoms with Gasteiger partial charge in [-0.25, -0.2) is 8.42 Å². The Hall–Kier alpha value is -2.44. The van der Waals surface area contributed by atoms with E-state index in [0.717, 1.165) is 5.56 Å². The third-order valence-electron chi connectivity index (χ3n) is 3.67. The monoisotopic (exact) mass is 327 g/mol. The highest BCUT2D eigenvalue weighted by Crippen LogP contribution is 2.29. The van der Waals surface area contributed by atoms with Crippen molar-refractivity contribution < 1.29 is 8.42 Å². The smallest absolute Gasteiger partial charge is 0.188 e. The Morgan fingerprint density at radius 3 is 2.22 bits per heavy atom. The van der Waals surface area contributed by atoms with Gasteiger partial charge in [-0.3, -0.25) is 5.10 Å². The fourth-order valence-corrected chi connectivity index (χ4v) is 4.03. The summed E-state index contributed by atoms with van der Waals surface area (Å²) in [5.74, 6) is 0. The maximum atomic E-state index is 12.8. The average molecular weight is 327 g/mol. The molecule has 0 fully saturated rings. The van der Waals surface area contributed by atoms with Gasteiger partial charge in [0.1, 0.15) is 5.25 Å². The van der Waals surface area contributed by atoms with Crippen molar-refractivity contribution in [1.29, 1.82) is 0 Å². The van der Waals surface area contributed by atoms with Crippen molar-refractivity contribution in [2.24, 2.45) is 5.73 Å². The first-order chi connectivity index (χ1) is 11.1. The van der Waals surface area contributed by atoms with Gasteiger partial charge in [-0.1, -0.05) is 48.5 Å². The van der Waals surface area contributed by atoms with Gasteiger partial charge in [0.15, 0.2) is 9.84 Å². The molecule has 0 aliphatic heterocycles. The first kappa shape index (κ1) is 15.5. The van der Waals surface area contributed by atoms with E-state index < -0.39 is 15.1 Å². The van der Waals surface area contributed by atoms with Crippen LogP contribution in [-0.2, 0) is 9.84 Å². The Morgan fingerprint density at radius 1 is 1.00 bits per heavy atom. The van der Waals surface area contributed by atoms with Crippen LogP contribution in [-0.4, -0.2) is 25.2 Å². The van der Waals surface area contributed by atoms with Crippen LogP contribution in [0.5, 0.6) is 0 Å². The number of nitrogens with zero attached hydrogens (tertiary/aromatic N) is 1. The number of benzene rings is 2. The number of aromatic nitrogens is 2. The van der Waals surface area contributed by atoms with Gasteiger partial charge in [-0.2, -0.15) is 5.10 Å². The molecule has 1 atom stereocenters. The van der Waals surface area contributed by atoms with Gasteiger partial charge in [0.2, 0.25) is 0 Å². The zero-order chi connectivity index (χ0) is 16.3. The van der Waals surface area contributed by atoms with Crippen LogP contribution in [0.1, 0.15) is 10.9 Å². The van der Waals surface area contributed by atoms with Crippen molar-refractivity contribution in [3.63, 3.8) is 0 Å². The van der Waals surface area contributed by atoms with Crippen LogP contribution in [0, 0.1) is 0 Å². The van der Waals surface area contributed by atoms with E-state index in [-0.39, 0.29) is 11.4 Å². The van der Waals surface area contributed by atoms with Gasteiger partial charge in [0.05, 0.1) is 16.3 Å². The first-order valence-electron chi connectivity index (χ1n) is 7.22. The Balaban J connectivity index is 1.98. The second-order valence-corrected chi connectivity index (χ2v) is 7.29. The van der Waals surface area contributed by atoms with E-state index in [0.29, 0.717) is 11.4 Å². The molecule has 6 heteroatoms. The predicted octanol–water partition coefficient (Wildman–Crippen LogP) is 2.55. The van der Waals surface area contributed by atoms with E-state index in [4.69, 9.17) is 5.73 Å². The van der Waals surface area contributed by atoms with E-state index >= 15 is 0 Å². The molecule has 0 bridgehead atoms. The molecule has 1 aromatic heterocycles. The van der Waals surface area contributed by atoms with E-state index in [1.165, 1.54) is 0 Å². The normalized spacial score (nSPS) is 12.9. The summed E-state index contributed by atoms with van der Waals surface area (Å²) >= 11 is 0. The molecule has 0 radical (unpaired) electrons. The van der Waals surface area contributed by atoms with Crippen LogP contribution >= 0.6 is 0 Å². The Morgan fingerprint density at radius 2 is 1.61 bits per heavy atom. The summed E-state index contributed by atoms with van der Waals surface area (Å²) in [5, 5.41) is 6.19. The molecular weight excluding hydrogens is 310 g/mol. The second-order valence-electron chi connectivity index (χ2n) is 5.16. The molecular formula is C17H17N3O2S. The van der Waals surface area contributed by atoms with E-state index in [9.17, 15) is 8.42 Å². The van der Waals surface area contributed by atoms with Crippen LogP contribution in [0.15, 0.2) is 71.6 Å². The highest BCUT2D eigenvalue weighted by molar-refractivity contribution is 7.91. The third kappa shape index (κ3) is 3.04. The number of rotatable bonds is 5. The lowest BCUT2D eigenvalue weighted by atomic mass is 10.1. The number of nitrogens with two attached hydrogens (primary N) is 1. The molecule has 0 amide bonds. The Bertz CT molecular complexity index is 874. The molecule has 23 heavy (non-hydrogen) atoms. The standard InChI is InChI=1S/C17H17N3O2S/c18-12-17(23(21,22)14-9-5-2-6-10-14)16-11-15(19-20-16)13-7-3-1-4-8-13/h1-11,17H,12,18H2,(H,19,20). The molecule has 0 spiro atoms.